The van der Waals surface area contributed by atoms with Gasteiger partial charge < -0.3 is 10.4 Å². The fraction of sp³-hybridized carbons (Fsp3) is 0.500. The minimum atomic E-state index is -0.860. The molecule has 3 nitrogen and oxygen atoms in total. The van der Waals surface area contributed by atoms with Gasteiger partial charge in [-0.15, -0.1) is 0 Å². The van der Waals surface area contributed by atoms with Crippen LogP contribution in [-0.4, -0.2) is 17.6 Å². The average molecular weight is 330 g/mol. The van der Waals surface area contributed by atoms with E-state index in [2.05, 4.69) is 21.2 Å². The number of hydrogen-bond acceptors (Lipinski definition) is 2. The Kier molecular flexibility index (Phi) is 3.60. The lowest BCUT2D eigenvalue weighted by Gasteiger charge is -2.40. The predicted molar refractivity (Wildman–Crippen MR) is 75.9 cm³/mol. The van der Waals surface area contributed by atoms with Crippen molar-refractivity contribution in [2.75, 3.05) is 11.9 Å². The average Bonchev–Trinajstić information content (AvgIpc) is 2.27. The lowest BCUT2D eigenvalue weighted by Crippen LogP contribution is -2.40. The van der Waals surface area contributed by atoms with Gasteiger partial charge in [0, 0.05) is 12.2 Å². The maximum absolute atomic E-state index is 13.5. The van der Waals surface area contributed by atoms with Gasteiger partial charge in [-0.1, -0.05) is 20.8 Å². The number of carbonyl (C=O) groups is 1. The van der Waals surface area contributed by atoms with Crippen molar-refractivity contribution in [3.8, 4) is 0 Å². The van der Waals surface area contributed by atoms with Crippen LogP contribution in [0.5, 0.6) is 0 Å². The molecule has 2 unspecified atom stereocenters. The van der Waals surface area contributed by atoms with Gasteiger partial charge in [-0.25, -0.2) is 4.39 Å². The van der Waals surface area contributed by atoms with Crippen LogP contribution in [0.15, 0.2) is 16.6 Å². The summed E-state index contributed by atoms with van der Waals surface area (Å²) in [4.78, 5) is 11.6. The smallest absolute Gasteiger partial charge is 0.311 e. The van der Waals surface area contributed by atoms with E-state index in [1.807, 2.05) is 20.8 Å². The molecule has 1 aromatic carbocycles. The number of fused-ring (bicyclic) bond motifs is 1. The minimum absolute atomic E-state index is 0.0464. The zero-order valence-electron chi connectivity index (χ0n) is 11.1. The van der Waals surface area contributed by atoms with E-state index in [0.29, 0.717) is 22.3 Å². The Hall–Kier alpha value is -1.10. The second kappa shape index (κ2) is 4.78. The van der Waals surface area contributed by atoms with Crippen LogP contribution in [0, 0.1) is 17.2 Å². The highest BCUT2D eigenvalue weighted by Gasteiger charge is 2.41. The maximum atomic E-state index is 13.5. The molecule has 2 N–H and O–H groups in total. The fourth-order valence-electron chi connectivity index (χ4n) is 2.64. The predicted octanol–water partition coefficient (Wildman–Crippen LogP) is 3.84. The van der Waals surface area contributed by atoms with Crippen molar-refractivity contribution in [1.29, 1.82) is 0 Å². The first-order valence-electron chi connectivity index (χ1n) is 6.17. The Bertz CT molecular complexity index is 525. The third kappa shape index (κ3) is 2.61. The zero-order chi connectivity index (χ0) is 14.4. The Morgan fingerprint density at radius 2 is 2.11 bits per heavy atom. The van der Waals surface area contributed by atoms with Crippen LogP contribution in [0.2, 0.25) is 0 Å². The minimum Gasteiger partial charge on any atom is -0.481 e. The van der Waals surface area contributed by atoms with Gasteiger partial charge in [-0.2, -0.15) is 0 Å². The lowest BCUT2D eigenvalue weighted by molar-refractivity contribution is -0.141. The molecular weight excluding hydrogens is 313 g/mol. The number of nitrogens with one attached hydrogen (secondary N) is 1. The Morgan fingerprint density at radius 1 is 1.47 bits per heavy atom. The second-order valence-electron chi connectivity index (χ2n) is 6.02. The lowest BCUT2D eigenvalue weighted by atomic mass is 9.69. The van der Waals surface area contributed by atoms with E-state index >= 15 is 0 Å². The van der Waals surface area contributed by atoms with Crippen LogP contribution < -0.4 is 5.32 Å². The quantitative estimate of drug-likeness (QED) is 0.822. The largest absolute Gasteiger partial charge is 0.481 e. The number of aliphatic carboxylic acids is 1. The molecule has 2 atom stereocenters. The van der Waals surface area contributed by atoms with Crippen LogP contribution >= 0.6 is 15.9 Å². The summed E-state index contributed by atoms with van der Waals surface area (Å²) in [5.41, 5.74) is 1.08. The standard InChI is InChI=1S/C14H17BrFNO2/c1-14(2,3)8-6-17-11-5-10(16)9(15)4-7(11)12(8)13(18)19/h4-5,8,12,17H,6H2,1-3H3,(H,18,19). The second-order valence-corrected chi connectivity index (χ2v) is 6.88. The topological polar surface area (TPSA) is 49.3 Å². The van der Waals surface area contributed by atoms with Crippen molar-refractivity contribution in [3.05, 3.63) is 28.0 Å². The van der Waals surface area contributed by atoms with Crippen LogP contribution in [0.4, 0.5) is 10.1 Å². The summed E-state index contributed by atoms with van der Waals surface area (Å²) in [7, 11) is 0. The highest BCUT2D eigenvalue weighted by molar-refractivity contribution is 9.10. The molecule has 1 aromatic rings. The summed E-state index contributed by atoms with van der Waals surface area (Å²) in [6.07, 6.45) is 0. The van der Waals surface area contributed by atoms with Gasteiger partial charge in [-0.3, -0.25) is 4.79 Å². The Morgan fingerprint density at radius 3 is 2.63 bits per heavy atom. The van der Waals surface area contributed by atoms with Gasteiger partial charge >= 0.3 is 5.97 Å². The molecule has 0 fully saturated rings. The number of rotatable bonds is 1. The van der Waals surface area contributed by atoms with E-state index in [-0.39, 0.29) is 17.2 Å². The van der Waals surface area contributed by atoms with Crippen LogP contribution in [0.25, 0.3) is 0 Å². The van der Waals surface area contributed by atoms with Crippen molar-refractivity contribution in [3.63, 3.8) is 0 Å². The van der Waals surface area contributed by atoms with E-state index in [4.69, 9.17) is 0 Å². The van der Waals surface area contributed by atoms with E-state index in [1.54, 1.807) is 6.07 Å². The van der Waals surface area contributed by atoms with Gasteiger partial charge in [0.05, 0.1) is 10.4 Å². The van der Waals surface area contributed by atoms with Crippen molar-refractivity contribution in [1.82, 2.24) is 0 Å². The van der Waals surface area contributed by atoms with E-state index in [1.165, 1.54) is 6.07 Å². The maximum Gasteiger partial charge on any atom is 0.311 e. The van der Waals surface area contributed by atoms with E-state index < -0.39 is 11.9 Å². The number of carboxylic acids is 1. The molecule has 2 rings (SSSR count). The van der Waals surface area contributed by atoms with E-state index in [9.17, 15) is 14.3 Å². The summed E-state index contributed by atoms with van der Waals surface area (Å²) >= 11 is 3.13. The molecule has 0 aromatic heterocycles. The molecule has 0 spiro atoms. The number of anilines is 1. The first kappa shape index (κ1) is 14.3. The number of hydrogen-bond donors (Lipinski definition) is 2. The summed E-state index contributed by atoms with van der Waals surface area (Å²) in [6.45, 7) is 6.62. The molecule has 1 aliphatic heterocycles. The molecule has 1 aliphatic rings. The van der Waals surface area contributed by atoms with Crippen LogP contribution in [-0.2, 0) is 4.79 Å². The molecular formula is C14H17BrFNO2. The molecule has 0 bridgehead atoms. The fourth-order valence-corrected chi connectivity index (χ4v) is 3.00. The number of benzene rings is 1. The van der Waals surface area contributed by atoms with Gasteiger partial charge in [0.1, 0.15) is 5.82 Å². The highest BCUT2D eigenvalue weighted by atomic mass is 79.9. The normalized spacial score (nSPS) is 22.6. The van der Waals surface area contributed by atoms with Crippen molar-refractivity contribution < 1.29 is 14.3 Å². The molecule has 0 saturated heterocycles. The molecule has 5 heteroatoms. The number of carboxylic acid groups (broad SMARTS) is 1. The molecule has 0 amide bonds. The van der Waals surface area contributed by atoms with Crippen molar-refractivity contribution >= 4 is 27.6 Å². The zero-order valence-corrected chi connectivity index (χ0v) is 12.7. The SMILES string of the molecule is CC(C)(C)C1CNc2cc(F)c(Br)cc2C1C(=O)O. The van der Waals surface area contributed by atoms with Crippen LogP contribution in [0.1, 0.15) is 32.3 Å². The van der Waals surface area contributed by atoms with Gasteiger partial charge in [0.2, 0.25) is 0 Å². The van der Waals surface area contributed by atoms with Gasteiger partial charge in [0.15, 0.2) is 0 Å². The van der Waals surface area contributed by atoms with Gasteiger partial charge in [-0.05, 0) is 45.0 Å². The molecule has 0 radical (unpaired) electrons. The summed E-state index contributed by atoms with van der Waals surface area (Å²) in [5, 5.41) is 12.7. The number of halogens is 2. The molecule has 0 saturated carbocycles. The molecule has 1 heterocycles. The third-order valence-electron chi connectivity index (χ3n) is 3.72. The highest BCUT2D eigenvalue weighted by Crippen LogP contribution is 2.45. The van der Waals surface area contributed by atoms with Crippen molar-refractivity contribution in [2.45, 2.75) is 26.7 Å². The van der Waals surface area contributed by atoms with Gasteiger partial charge in [0.25, 0.3) is 0 Å². The first-order valence-corrected chi connectivity index (χ1v) is 6.96. The first-order chi connectivity index (χ1) is 8.71. The Labute approximate surface area is 120 Å². The molecule has 104 valence electrons. The summed E-state index contributed by atoms with van der Waals surface area (Å²) < 4.78 is 13.8. The summed E-state index contributed by atoms with van der Waals surface area (Å²) in [6, 6.07) is 2.93. The molecule has 0 aliphatic carbocycles. The van der Waals surface area contributed by atoms with Crippen molar-refractivity contribution in [2.24, 2.45) is 11.3 Å². The van der Waals surface area contributed by atoms with Crippen LogP contribution in [0.3, 0.4) is 0 Å². The monoisotopic (exact) mass is 329 g/mol. The Balaban J connectivity index is 2.55. The van der Waals surface area contributed by atoms with E-state index in [0.717, 1.165) is 0 Å². The third-order valence-corrected chi connectivity index (χ3v) is 4.33. The molecule has 19 heavy (non-hydrogen) atoms. The summed E-state index contributed by atoms with van der Waals surface area (Å²) in [5.74, 6) is -1.91.